The maximum Gasteiger partial charge on any atom is 0.408 e. The third-order valence-electron chi connectivity index (χ3n) is 9.48. The van der Waals surface area contributed by atoms with Gasteiger partial charge < -0.3 is 24.4 Å². The molecule has 5 rings (SSSR count). The van der Waals surface area contributed by atoms with Gasteiger partial charge in [0.25, 0.3) is 0 Å². The molecule has 0 radical (unpaired) electrons. The topological polar surface area (TPSA) is 120 Å². The zero-order valence-corrected chi connectivity index (χ0v) is 26.8. The molecule has 0 spiro atoms. The number of alkyl carbamates (subject to hydrolysis) is 1. The molecule has 2 aliphatic heterocycles. The number of ketones is 1. The van der Waals surface area contributed by atoms with E-state index < -0.39 is 53.9 Å². The number of amides is 2. The monoisotopic (exact) mass is 630 g/mol. The smallest absolute Gasteiger partial charge is 0.408 e. The van der Waals surface area contributed by atoms with E-state index in [0.29, 0.717) is 36.0 Å². The first-order valence-electron chi connectivity index (χ1n) is 15.9. The molecular weight excluding hydrogens is 586 g/mol. The minimum atomic E-state index is -2.12. The molecule has 2 bridgehead atoms. The summed E-state index contributed by atoms with van der Waals surface area (Å²) in [6, 6.07) is 3.04. The minimum absolute atomic E-state index is 0.000279. The number of rotatable bonds is 2. The fraction of sp³-hybridized carbons (Fsp3) is 0.667. The number of benzene rings is 1. The number of hydrogen-bond donors (Lipinski definition) is 1. The van der Waals surface area contributed by atoms with Crippen molar-refractivity contribution in [1.82, 2.24) is 20.2 Å². The first-order valence-corrected chi connectivity index (χ1v) is 15.9. The first-order chi connectivity index (χ1) is 21.3. The number of nitrogens with zero attached hydrogens (tertiary/aromatic N) is 3. The van der Waals surface area contributed by atoms with Crippen LogP contribution in [0.4, 0.5) is 13.6 Å². The second kappa shape index (κ2) is 13.0. The lowest BCUT2D eigenvalue weighted by Gasteiger charge is -2.35. The molecule has 2 fully saturated rings. The van der Waals surface area contributed by atoms with Crippen LogP contribution in [0.5, 0.6) is 11.6 Å². The Morgan fingerprint density at radius 2 is 1.73 bits per heavy atom. The SMILES string of the molecule is COc1ccc2nc3c(nc2c1)O[C@H]1CN(C(=O)[C@H](C(C)(C)C)NC(=O)O[C@@H]2CCC[C@H]2CCCC(F)C3F)[C@H](C(C)=O)C1C. The van der Waals surface area contributed by atoms with Crippen LogP contribution >= 0.6 is 0 Å². The quantitative estimate of drug-likeness (QED) is 0.451. The van der Waals surface area contributed by atoms with E-state index in [4.69, 9.17) is 14.2 Å². The lowest BCUT2D eigenvalue weighted by atomic mass is 9.85. The minimum Gasteiger partial charge on any atom is -0.497 e. The van der Waals surface area contributed by atoms with Crippen molar-refractivity contribution in [2.24, 2.45) is 17.3 Å². The molecular formula is C33H44F2N4O6. The molecule has 3 unspecified atom stereocenters. The van der Waals surface area contributed by atoms with E-state index in [9.17, 15) is 14.4 Å². The molecule has 12 heteroatoms. The van der Waals surface area contributed by atoms with Gasteiger partial charge in [-0.2, -0.15) is 0 Å². The average Bonchev–Trinajstić information content (AvgIpc) is 3.56. The van der Waals surface area contributed by atoms with Crippen molar-refractivity contribution in [2.75, 3.05) is 13.7 Å². The van der Waals surface area contributed by atoms with E-state index in [1.54, 1.807) is 25.1 Å². The normalized spacial score (nSPS) is 31.6. The van der Waals surface area contributed by atoms with Gasteiger partial charge in [-0.15, -0.1) is 0 Å². The molecule has 246 valence electrons. The van der Waals surface area contributed by atoms with Crippen LogP contribution in [0.25, 0.3) is 11.0 Å². The van der Waals surface area contributed by atoms with Gasteiger partial charge in [0, 0.05) is 12.0 Å². The lowest BCUT2D eigenvalue weighted by Crippen LogP contribution is -2.57. The Hall–Kier alpha value is -3.57. The van der Waals surface area contributed by atoms with Crippen molar-refractivity contribution in [3.8, 4) is 11.6 Å². The van der Waals surface area contributed by atoms with Gasteiger partial charge in [0.15, 0.2) is 12.0 Å². The van der Waals surface area contributed by atoms with Crippen molar-refractivity contribution >= 4 is 28.8 Å². The Kier molecular flexibility index (Phi) is 9.51. The number of halogens is 2. The molecule has 2 aromatic rings. The maximum atomic E-state index is 16.0. The van der Waals surface area contributed by atoms with Gasteiger partial charge in [-0.25, -0.2) is 23.5 Å². The lowest BCUT2D eigenvalue weighted by molar-refractivity contribution is -0.141. The first kappa shape index (κ1) is 32.8. The molecule has 1 aromatic carbocycles. The summed E-state index contributed by atoms with van der Waals surface area (Å²) in [5.41, 5.74) is -0.270. The van der Waals surface area contributed by atoms with Gasteiger partial charge in [-0.3, -0.25) is 9.59 Å². The summed E-state index contributed by atoms with van der Waals surface area (Å²) in [7, 11) is 1.51. The van der Waals surface area contributed by atoms with E-state index in [0.717, 1.165) is 12.8 Å². The Bertz CT molecular complexity index is 1430. The summed E-state index contributed by atoms with van der Waals surface area (Å²) < 4.78 is 49.0. The number of alkyl halides is 2. The average molecular weight is 631 g/mol. The highest BCUT2D eigenvalue weighted by atomic mass is 19.2. The Balaban J connectivity index is 1.57. The number of Topliss-reactive ketones (excluding diaryl/α,β-unsaturated/α-hetero) is 1. The Morgan fingerprint density at radius 1 is 1.02 bits per heavy atom. The van der Waals surface area contributed by atoms with Crippen LogP contribution < -0.4 is 14.8 Å². The van der Waals surface area contributed by atoms with Crippen LogP contribution in [0, 0.1) is 17.3 Å². The second-order valence-corrected chi connectivity index (χ2v) is 13.8. The van der Waals surface area contributed by atoms with Crippen molar-refractivity contribution < 1.29 is 37.4 Å². The summed E-state index contributed by atoms with van der Waals surface area (Å²) in [4.78, 5) is 50.7. The summed E-state index contributed by atoms with van der Waals surface area (Å²) >= 11 is 0. The summed E-state index contributed by atoms with van der Waals surface area (Å²) in [6.45, 7) is 8.61. The predicted octanol–water partition coefficient (Wildman–Crippen LogP) is 5.66. The van der Waals surface area contributed by atoms with Gasteiger partial charge >= 0.3 is 6.09 Å². The number of hydrogen-bond acceptors (Lipinski definition) is 8. The van der Waals surface area contributed by atoms with Gasteiger partial charge in [-0.05, 0) is 62.5 Å². The molecule has 1 aromatic heterocycles. The highest BCUT2D eigenvalue weighted by Crippen LogP contribution is 2.39. The van der Waals surface area contributed by atoms with E-state index in [2.05, 4.69) is 15.3 Å². The van der Waals surface area contributed by atoms with Gasteiger partial charge in [0.2, 0.25) is 11.8 Å². The number of ether oxygens (including phenoxy) is 3. The third-order valence-corrected chi connectivity index (χ3v) is 9.48. The highest BCUT2D eigenvalue weighted by molar-refractivity contribution is 5.92. The number of carbonyl (C=O) groups excluding carboxylic acids is 3. The molecule has 2 amide bonds. The third kappa shape index (κ3) is 6.84. The zero-order valence-electron chi connectivity index (χ0n) is 26.8. The standard InChI is InChI=1S/C33H44F2N4O6/c1-17-25-16-39(28(17)18(2)40)31(41)29(33(3,4)5)38-32(42)45-24-12-8-10-19(24)9-7-11-21(34)26(35)27-30(44-25)37-23-15-20(43-6)13-14-22(23)36-27/h13-15,17,19,21,24-26,28-29H,7-12,16H2,1-6H3,(H,38,42)/t17?,19-,21?,24-,25+,26?,28+,29-/m1/s1. The molecule has 3 heterocycles. The molecule has 3 aliphatic rings. The Labute approximate surface area is 262 Å². The number of nitrogens with one attached hydrogen (secondary N) is 1. The fourth-order valence-corrected chi connectivity index (χ4v) is 6.98. The van der Waals surface area contributed by atoms with Crippen LogP contribution in [-0.2, 0) is 14.3 Å². The van der Waals surface area contributed by atoms with Gasteiger partial charge in [0.05, 0.1) is 30.7 Å². The zero-order chi connectivity index (χ0) is 32.6. The van der Waals surface area contributed by atoms with Crippen LogP contribution in [0.2, 0.25) is 0 Å². The molecule has 1 saturated carbocycles. The van der Waals surface area contributed by atoms with Crippen molar-refractivity contribution in [2.45, 2.75) is 110 Å². The number of fused-ring (bicyclic) bond motifs is 5. The van der Waals surface area contributed by atoms with Crippen molar-refractivity contribution in [3.05, 3.63) is 23.9 Å². The Morgan fingerprint density at radius 3 is 2.40 bits per heavy atom. The molecule has 1 aliphatic carbocycles. The highest BCUT2D eigenvalue weighted by Gasteiger charge is 2.49. The number of carbonyl (C=O) groups is 3. The largest absolute Gasteiger partial charge is 0.497 e. The van der Waals surface area contributed by atoms with E-state index in [1.165, 1.54) is 18.9 Å². The van der Waals surface area contributed by atoms with Crippen LogP contribution in [0.15, 0.2) is 18.2 Å². The van der Waals surface area contributed by atoms with E-state index in [-0.39, 0.29) is 42.3 Å². The van der Waals surface area contributed by atoms with Crippen LogP contribution in [-0.4, -0.2) is 76.8 Å². The molecule has 45 heavy (non-hydrogen) atoms. The number of aromatic nitrogens is 2. The van der Waals surface area contributed by atoms with Crippen molar-refractivity contribution in [3.63, 3.8) is 0 Å². The fourth-order valence-electron chi connectivity index (χ4n) is 6.98. The van der Waals surface area contributed by atoms with Gasteiger partial charge in [-0.1, -0.05) is 34.1 Å². The van der Waals surface area contributed by atoms with Crippen LogP contribution in [0.3, 0.4) is 0 Å². The summed E-state index contributed by atoms with van der Waals surface area (Å²) in [6.07, 6.45) is -2.68. The maximum absolute atomic E-state index is 16.0. The molecule has 1 N–H and O–H groups in total. The second-order valence-electron chi connectivity index (χ2n) is 13.8. The summed E-state index contributed by atoms with van der Waals surface area (Å²) in [5.74, 6) is -0.938. The van der Waals surface area contributed by atoms with Crippen LogP contribution in [0.1, 0.15) is 85.0 Å². The predicted molar refractivity (Wildman–Crippen MR) is 162 cm³/mol. The summed E-state index contributed by atoms with van der Waals surface area (Å²) in [5, 5.41) is 2.79. The molecule has 10 nitrogen and oxygen atoms in total. The molecule has 1 saturated heterocycles. The van der Waals surface area contributed by atoms with E-state index in [1.807, 2.05) is 20.8 Å². The van der Waals surface area contributed by atoms with Gasteiger partial charge in [0.1, 0.15) is 35.9 Å². The van der Waals surface area contributed by atoms with E-state index >= 15 is 8.78 Å². The molecule has 8 atom stereocenters. The van der Waals surface area contributed by atoms with Crippen molar-refractivity contribution in [1.29, 1.82) is 0 Å². The number of methoxy groups -OCH3 is 1.